The second kappa shape index (κ2) is 5.43. The van der Waals surface area contributed by atoms with Gasteiger partial charge in [-0.05, 0) is 24.6 Å². The van der Waals surface area contributed by atoms with Crippen molar-refractivity contribution in [2.45, 2.75) is 12.7 Å². The second-order valence-electron chi connectivity index (χ2n) is 3.15. The van der Waals surface area contributed by atoms with E-state index in [9.17, 15) is 13.6 Å². The summed E-state index contributed by atoms with van der Waals surface area (Å²) in [5, 5.41) is -0.592. The summed E-state index contributed by atoms with van der Waals surface area (Å²) in [6, 6.07) is 3.02. The number of rotatable bonds is 4. The van der Waals surface area contributed by atoms with Crippen LogP contribution in [0.2, 0.25) is 0 Å². The van der Waals surface area contributed by atoms with Crippen molar-refractivity contribution in [2.75, 3.05) is 7.11 Å². The fraction of sp³-hybridized carbons (Fsp3) is 0.300. The van der Waals surface area contributed by atoms with E-state index in [1.165, 1.54) is 19.2 Å². The number of hydrogen-bond donors (Lipinski definition) is 0. The Labute approximate surface area is 101 Å². The van der Waals surface area contributed by atoms with E-state index in [0.29, 0.717) is 22.4 Å². The molecule has 1 atom stereocenters. The monoisotopic (exact) mass is 261 g/mol. The third-order valence-corrected chi connectivity index (χ3v) is 2.93. The quantitative estimate of drug-likeness (QED) is 0.612. The molecule has 0 spiro atoms. The smallest absolute Gasteiger partial charge is 0.252 e. The first-order chi connectivity index (χ1) is 7.47. The molecule has 6 heteroatoms. The minimum atomic E-state index is -2.20. The van der Waals surface area contributed by atoms with Crippen LogP contribution in [0, 0.1) is 6.92 Å². The molecule has 0 aliphatic rings. The topological polar surface area (TPSA) is 66.4 Å². The lowest BCUT2D eigenvalue weighted by Crippen LogP contribution is -2.03. The third-order valence-electron chi connectivity index (χ3n) is 2.18. The van der Waals surface area contributed by atoms with Gasteiger partial charge in [0, 0.05) is 22.4 Å². The fourth-order valence-electron chi connectivity index (χ4n) is 1.49. The lowest BCUT2D eigenvalue weighted by atomic mass is 10.0. The maximum Gasteiger partial charge on any atom is 0.252 e. The molecule has 0 saturated carbocycles. The Bertz CT molecular complexity index is 445. The predicted molar refractivity (Wildman–Crippen MR) is 60.5 cm³/mol. The van der Waals surface area contributed by atoms with Crippen LogP contribution >= 0.6 is 11.6 Å². The molecule has 16 heavy (non-hydrogen) atoms. The van der Waals surface area contributed by atoms with E-state index in [1.807, 2.05) is 0 Å². The van der Waals surface area contributed by atoms with Gasteiger partial charge >= 0.3 is 0 Å². The maximum absolute atomic E-state index is 11.1. The van der Waals surface area contributed by atoms with Crippen LogP contribution in [0.3, 0.4) is 0 Å². The zero-order valence-corrected chi connectivity index (χ0v) is 10.4. The van der Waals surface area contributed by atoms with Crippen molar-refractivity contribution in [1.82, 2.24) is 0 Å². The van der Waals surface area contributed by atoms with Gasteiger partial charge in [-0.2, -0.15) is 0 Å². The van der Waals surface area contributed by atoms with E-state index in [2.05, 4.69) is 0 Å². The number of ether oxygens (including phenoxy) is 1. The van der Waals surface area contributed by atoms with Crippen molar-refractivity contribution >= 4 is 27.9 Å². The summed E-state index contributed by atoms with van der Waals surface area (Å²) in [5.41, 5.74) is 1.37. The number of carbonyl (C=O) groups is 1. The Morgan fingerprint density at radius 2 is 2.19 bits per heavy atom. The molecule has 88 valence electrons. The summed E-state index contributed by atoms with van der Waals surface area (Å²) >= 11 is 3.18. The van der Waals surface area contributed by atoms with Crippen molar-refractivity contribution in [3.05, 3.63) is 28.8 Å². The molecule has 0 heterocycles. The summed E-state index contributed by atoms with van der Waals surface area (Å²) in [7, 11) is 1.42. The molecule has 0 aliphatic carbocycles. The SMILES string of the molecule is COc1c(CS(=O)[O-])ccc(C(=O)Cl)c1C. The fourth-order valence-corrected chi connectivity index (χ4v) is 2.17. The normalized spacial score (nSPS) is 12.2. The van der Waals surface area contributed by atoms with Crippen LogP contribution < -0.4 is 4.74 Å². The van der Waals surface area contributed by atoms with Gasteiger partial charge < -0.3 is 9.29 Å². The van der Waals surface area contributed by atoms with Gasteiger partial charge in [0.1, 0.15) is 5.75 Å². The highest BCUT2D eigenvalue weighted by Gasteiger charge is 2.14. The molecular formula is C10H10ClO4S-. The summed E-state index contributed by atoms with van der Waals surface area (Å²) in [4.78, 5) is 11.1. The molecule has 1 aromatic rings. The number of benzene rings is 1. The van der Waals surface area contributed by atoms with E-state index in [4.69, 9.17) is 16.3 Å². The lowest BCUT2D eigenvalue weighted by molar-refractivity contribution is 0.108. The van der Waals surface area contributed by atoms with Crippen LogP contribution in [0.5, 0.6) is 5.75 Å². The lowest BCUT2D eigenvalue weighted by Gasteiger charge is -2.14. The molecule has 0 fully saturated rings. The van der Waals surface area contributed by atoms with Crippen molar-refractivity contribution in [2.24, 2.45) is 0 Å². The Morgan fingerprint density at radius 3 is 2.62 bits per heavy atom. The van der Waals surface area contributed by atoms with E-state index < -0.39 is 16.3 Å². The first-order valence-corrected chi connectivity index (χ1v) is 6.01. The molecule has 0 aromatic heterocycles. The molecule has 1 rings (SSSR count). The summed E-state index contributed by atoms with van der Waals surface area (Å²) in [5.74, 6) is 0.233. The summed E-state index contributed by atoms with van der Waals surface area (Å²) in [6.45, 7) is 1.66. The second-order valence-corrected chi connectivity index (χ2v) is 4.39. The summed E-state index contributed by atoms with van der Waals surface area (Å²) < 4.78 is 26.3. The molecule has 0 radical (unpaired) electrons. The van der Waals surface area contributed by atoms with Crippen LogP contribution in [0.15, 0.2) is 12.1 Å². The van der Waals surface area contributed by atoms with Crippen molar-refractivity contribution in [3.8, 4) is 5.75 Å². The first kappa shape index (κ1) is 13.2. The van der Waals surface area contributed by atoms with Gasteiger partial charge in [-0.15, -0.1) is 0 Å². The zero-order valence-electron chi connectivity index (χ0n) is 8.78. The number of halogens is 1. The number of carbonyl (C=O) groups excluding carboxylic acids is 1. The minimum Gasteiger partial charge on any atom is -0.772 e. The van der Waals surface area contributed by atoms with E-state index >= 15 is 0 Å². The molecule has 0 N–H and O–H groups in total. The van der Waals surface area contributed by atoms with Gasteiger partial charge in [-0.1, -0.05) is 17.1 Å². The van der Waals surface area contributed by atoms with Crippen LogP contribution in [-0.2, 0) is 16.8 Å². The molecule has 4 nitrogen and oxygen atoms in total. The molecule has 0 amide bonds. The van der Waals surface area contributed by atoms with Crippen LogP contribution in [-0.4, -0.2) is 21.1 Å². The standard InChI is InChI=1S/C10H11ClO4S/c1-6-8(10(11)12)4-3-7(5-16(13)14)9(6)15-2/h3-4H,5H2,1-2H3,(H,13,14)/p-1. The van der Waals surface area contributed by atoms with Gasteiger partial charge in [0.15, 0.2) is 0 Å². The highest BCUT2D eigenvalue weighted by Crippen LogP contribution is 2.28. The third kappa shape index (κ3) is 2.81. The highest BCUT2D eigenvalue weighted by molar-refractivity contribution is 7.78. The first-order valence-electron chi connectivity index (χ1n) is 4.39. The maximum atomic E-state index is 11.1. The average molecular weight is 262 g/mol. The van der Waals surface area contributed by atoms with Crippen LogP contribution in [0.25, 0.3) is 0 Å². The molecule has 0 aliphatic heterocycles. The number of methoxy groups -OCH3 is 1. The van der Waals surface area contributed by atoms with Crippen LogP contribution in [0.4, 0.5) is 0 Å². The largest absolute Gasteiger partial charge is 0.772 e. The Hall–Kier alpha value is -0.910. The zero-order chi connectivity index (χ0) is 12.3. The van der Waals surface area contributed by atoms with Gasteiger partial charge in [0.05, 0.1) is 7.11 Å². The summed E-state index contributed by atoms with van der Waals surface area (Å²) in [6.07, 6.45) is 0. The van der Waals surface area contributed by atoms with Gasteiger partial charge in [-0.3, -0.25) is 9.00 Å². The van der Waals surface area contributed by atoms with Gasteiger partial charge in [-0.25, -0.2) is 0 Å². The van der Waals surface area contributed by atoms with E-state index in [0.717, 1.165) is 0 Å². The Kier molecular flexibility index (Phi) is 4.46. The molecule has 0 bridgehead atoms. The Balaban J connectivity index is 3.29. The van der Waals surface area contributed by atoms with Crippen molar-refractivity contribution < 1.29 is 18.3 Å². The Morgan fingerprint density at radius 1 is 1.56 bits per heavy atom. The van der Waals surface area contributed by atoms with Crippen molar-refractivity contribution in [1.29, 1.82) is 0 Å². The minimum absolute atomic E-state index is 0.152. The van der Waals surface area contributed by atoms with Gasteiger partial charge in [0.2, 0.25) is 0 Å². The van der Waals surface area contributed by atoms with E-state index in [-0.39, 0.29) is 5.75 Å². The van der Waals surface area contributed by atoms with Crippen molar-refractivity contribution in [3.63, 3.8) is 0 Å². The molecular weight excluding hydrogens is 252 g/mol. The molecule has 1 unspecified atom stereocenters. The molecule has 1 aromatic carbocycles. The van der Waals surface area contributed by atoms with Crippen LogP contribution in [0.1, 0.15) is 21.5 Å². The van der Waals surface area contributed by atoms with Gasteiger partial charge in [0.25, 0.3) is 5.24 Å². The highest BCUT2D eigenvalue weighted by atomic mass is 35.5. The predicted octanol–water partition coefficient (Wildman–Crippen LogP) is 1.76. The van der Waals surface area contributed by atoms with E-state index in [1.54, 1.807) is 6.92 Å². The number of hydrogen-bond acceptors (Lipinski definition) is 4. The molecule has 0 saturated heterocycles. The average Bonchev–Trinajstić information content (AvgIpc) is 2.16.